The number of likely N-dealkylation sites (N-methyl/N-ethyl adjacent to an activating group) is 1. The Morgan fingerprint density at radius 2 is 2.03 bits per heavy atom. The van der Waals surface area contributed by atoms with E-state index in [2.05, 4.69) is 47.1 Å². The third-order valence-electron chi connectivity index (χ3n) is 7.21. The largest absolute Gasteiger partial charge is 0.381 e. The highest BCUT2D eigenvalue weighted by molar-refractivity contribution is 7.17. The summed E-state index contributed by atoms with van der Waals surface area (Å²) in [6.07, 6.45) is 5.20. The highest BCUT2D eigenvalue weighted by Gasteiger charge is 2.30. The highest BCUT2D eigenvalue weighted by Crippen LogP contribution is 2.42. The van der Waals surface area contributed by atoms with Crippen molar-refractivity contribution < 1.29 is 9.53 Å². The monoisotopic (exact) mass is 498 g/mol. The summed E-state index contributed by atoms with van der Waals surface area (Å²) in [6, 6.07) is 2.37. The Hall–Kier alpha value is -2.42. The molecule has 2 aromatic heterocycles. The van der Waals surface area contributed by atoms with Crippen LogP contribution in [0.1, 0.15) is 63.8 Å². The fourth-order valence-corrected chi connectivity index (χ4v) is 6.68. The van der Waals surface area contributed by atoms with Gasteiger partial charge in [0.05, 0.1) is 10.6 Å². The van der Waals surface area contributed by atoms with Crippen molar-refractivity contribution in [1.29, 1.82) is 0 Å². The molecule has 0 unspecified atom stereocenters. The smallest absolute Gasteiger partial charge is 0.253 e. The third-order valence-corrected chi connectivity index (χ3v) is 8.61. The van der Waals surface area contributed by atoms with E-state index in [-0.39, 0.29) is 18.0 Å². The summed E-state index contributed by atoms with van der Waals surface area (Å²) in [5, 5.41) is 4.25. The van der Waals surface area contributed by atoms with Crippen molar-refractivity contribution in [3.8, 4) is 0 Å². The van der Waals surface area contributed by atoms with E-state index in [0.717, 1.165) is 79.4 Å². The number of hydrogen-bond donors (Lipinski definition) is 2. The molecule has 0 atom stereocenters. The summed E-state index contributed by atoms with van der Waals surface area (Å²) in [7, 11) is 2.12. The van der Waals surface area contributed by atoms with Crippen LogP contribution in [0.25, 0.3) is 5.57 Å². The number of ether oxygens (including phenoxy) is 1. The Morgan fingerprint density at radius 1 is 1.29 bits per heavy atom. The van der Waals surface area contributed by atoms with Gasteiger partial charge in [0.1, 0.15) is 0 Å². The molecule has 7 nitrogen and oxygen atoms in total. The quantitative estimate of drug-likeness (QED) is 0.603. The number of carbonyl (C=O) groups excluding carboxylic acids is 1. The zero-order valence-corrected chi connectivity index (χ0v) is 22.4. The van der Waals surface area contributed by atoms with E-state index >= 15 is 0 Å². The van der Waals surface area contributed by atoms with E-state index in [4.69, 9.17) is 4.74 Å². The van der Waals surface area contributed by atoms with Gasteiger partial charge >= 0.3 is 0 Å². The fourth-order valence-electron chi connectivity index (χ4n) is 5.17. The zero-order valence-electron chi connectivity index (χ0n) is 21.6. The van der Waals surface area contributed by atoms with Crippen molar-refractivity contribution in [2.75, 3.05) is 44.8 Å². The molecule has 2 aliphatic rings. The summed E-state index contributed by atoms with van der Waals surface area (Å²) in [6.45, 7) is 12.6. The predicted octanol–water partition coefficient (Wildman–Crippen LogP) is 4.02. The first-order chi connectivity index (χ1) is 16.8. The molecule has 2 aliphatic heterocycles. The van der Waals surface area contributed by atoms with E-state index in [0.29, 0.717) is 11.6 Å². The van der Waals surface area contributed by atoms with Crippen molar-refractivity contribution >= 4 is 27.8 Å². The lowest BCUT2D eigenvalue weighted by molar-refractivity contribution is 0.0847. The summed E-state index contributed by atoms with van der Waals surface area (Å²) >= 11 is 1.75. The van der Waals surface area contributed by atoms with Crippen LogP contribution in [-0.2, 0) is 11.3 Å². The average molecular weight is 499 g/mol. The molecule has 0 aliphatic carbocycles. The van der Waals surface area contributed by atoms with Crippen LogP contribution in [0.15, 0.2) is 16.9 Å². The van der Waals surface area contributed by atoms with Gasteiger partial charge in [-0.1, -0.05) is 6.08 Å². The normalized spacial score (nSPS) is 17.3. The lowest BCUT2D eigenvalue weighted by atomic mass is 10.00. The summed E-state index contributed by atoms with van der Waals surface area (Å²) in [5.41, 5.74) is 5.22. The summed E-state index contributed by atoms with van der Waals surface area (Å²) < 4.78 is 5.60. The molecule has 0 radical (unpaired) electrons. The number of anilines is 1. The number of aromatic nitrogens is 1. The van der Waals surface area contributed by atoms with E-state index < -0.39 is 0 Å². The van der Waals surface area contributed by atoms with Crippen molar-refractivity contribution in [1.82, 2.24) is 15.2 Å². The number of aromatic amines is 1. The van der Waals surface area contributed by atoms with Gasteiger partial charge in [-0.3, -0.25) is 9.59 Å². The Labute approximate surface area is 212 Å². The van der Waals surface area contributed by atoms with Gasteiger partial charge in [-0.25, -0.2) is 0 Å². The zero-order chi connectivity index (χ0) is 25.1. The molecule has 0 saturated carbocycles. The Morgan fingerprint density at radius 3 is 2.66 bits per heavy atom. The van der Waals surface area contributed by atoms with Gasteiger partial charge in [-0.05, 0) is 76.8 Å². The lowest BCUT2D eigenvalue weighted by Gasteiger charge is -2.34. The molecule has 35 heavy (non-hydrogen) atoms. The van der Waals surface area contributed by atoms with Gasteiger partial charge in [0, 0.05) is 61.6 Å². The second-order valence-corrected chi connectivity index (χ2v) is 10.7. The van der Waals surface area contributed by atoms with Gasteiger partial charge in [-0.2, -0.15) is 0 Å². The van der Waals surface area contributed by atoms with Crippen molar-refractivity contribution in [2.24, 2.45) is 0 Å². The maximum Gasteiger partial charge on any atom is 0.253 e. The first-order valence-corrected chi connectivity index (χ1v) is 13.4. The number of nitrogens with zero attached hydrogens (tertiary/aromatic N) is 2. The molecule has 1 saturated heterocycles. The first kappa shape index (κ1) is 25.7. The molecule has 8 heteroatoms. The molecule has 2 N–H and O–H groups in total. The van der Waals surface area contributed by atoms with Crippen molar-refractivity contribution in [3.63, 3.8) is 0 Å². The van der Waals surface area contributed by atoms with Crippen LogP contribution in [0.2, 0.25) is 0 Å². The highest BCUT2D eigenvalue weighted by atomic mass is 32.1. The van der Waals surface area contributed by atoms with Crippen molar-refractivity contribution in [3.05, 3.63) is 55.3 Å². The Balaban J connectivity index is 1.68. The molecule has 2 aromatic rings. The molecule has 0 spiro atoms. The minimum atomic E-state index is -0.138. The van der Waals surface area contributed by atoms with Crippen LogP contribution in [-0.4, -0.2) is 61.7 Å². The van der Waals surface area contributed by atoms with Crippen LogP contribution in [0, 0.1) is 20.8 Å². The third kappa shape index (κ3) is 5.55. The summed E-state index contributed by atoms with van der Waals surface area (Å²) in [5.74, 6) is -0.109. The number of carbonyl (C=O) groups is 1. The molecule has 4 rings (SSSR count). The Bertz CT molecular complexity index is 1160. The topological polar surface area (TPSA) is 77.7 Å². The number of thiophene rings is 1. The van der Waals surface area contributed by atoms with E-state index in [1.807, 2.05) is 19.9 Å². The number of hydrogen-bond acceptors (Lipinski definition) is 6. The van der Waals surface area contributed by atoms with Crippen LogP contribution < -0.4 is 15.8 Å². The van der Waals surface area contributed by atoms with Crippen LogP contribution in [0.3, 0.4) is 0 Å². The number of amides is 1. The number of H-pyrrole nitrogens is 1. The first-order valence-electron chi connectivity index (χ1n) is 12.6. The van der Waals surface area contributed by atoms with Crippen LogP contribution >= 0.6 is 11.3 Å². The van der Waals surface area contributed by atoms with Crippen LogP contribution in [0.4, 0.5) is 5.00 Å². The minimum Gasteiger partial charge on any atom is -0.381 e. The number of nitrogens with one attached hydrogen (secondary N) is 2. The second kappa shape index (κ2) is 11.1. The minimum absolute atomic E-state index is 0.109. The van der Waals surface area contributed by atoms with E-state index in [1.165, 1.54) is 10.6 Å². The molecule has 1 amide bonds. The van der Waals surface area contributed by atoms with Gasteiger partial charge in [0.25, 0.3) is 11.5 Å². The summed E-state index contributed by atoms with van der Waals surface area (Å²) in [4.78, 5) is 34.8. The Kier molecular flexibility index (Phi) is 8.14. The lowest BCUT2D eigenvalue weighted by Crippen LogP contribution is -2.39. The second-order valence-electron chi connectivity index (χ2n) is 9.73. The molecular weight excluding hydrogens is 460 g/mol. The van der Waals surface area contributed by atoms with Gasteiger partial charge < -0.3 is 24.8 Å². The maximum atomic E-state index is 13.7. The number of aryl methyl sites for hydroxylation is 2. The van der Waals surface area contributed by atoms with E-state index in [1.54, 1.807) is 11.3 Å². The SMILES string of the molecule is CCN(c1sc(C2=CCN(C)CC2)c(C(=O)NCc2c(C)cc(C)[nH]c2=O)c1C)C1CCOCC1. The standard InChI is InChI=1S/C27H38N4O3S/c1-6-31(21-9-13-34-14-10-21)27-19(4)23(24(35-27)20-7-11-30(5)12-8-20)26(33)28-16-22-17(2)15-18(3)29-25(22)32/h7,15,21H,6,8-14,16H2,1-5H3,(H,28,33)(H,29,32). The predicted molar refractivity (Wildman–Crippen MR) is 144 cm³/mol. The molecular formula is C27H38N4O3S. The molecule has 0 aromatic carbocycles. The number of pyridine rings is 1. The van der Waals surface area contributed by atoms with Gasteiger partial charge in [0.2, 0.25) is 0 Å². The van der Waals surface area contributed by atoms with E-state index in [9.17, 15) is 9.59 Å². The number of rotatable bonds is 7. The average Bonchev–Trinajstić information content (AvgIpc) is 3.17. The maximum absolute atomic E-state index is 13.7. The molecule has 190 valence electrons. The molecule has 4 heterocycles. The van der Waals surface area contributed by atoms with Crippen molar-refractivity contribution in [2.45, 2.75) is 59.5 Å². The van der Waals surface area contributed by atoms with Gasteiger partial charge in [0.15, 0.2) is 0 Å². The van der Waals surface area contributed by atoms with Crippen LogP contribution in [0.5, 0.6) is 0 Å². The molecule has 0 bridgehead atoms. The van der Waals surface area contributed by atoms with Gasteiger partial charge in [-0.15, -0.1) is 11.3 Å². The molecule has 1 fully saturated rings. The fraction of sp³-hybridized carbons (Fsp3) is 0.556.